The van der Waals surface area contributed by atoms with Crippen LogP contribution in [0.15, 0.2) is 81.2 Å². The van der Waals surface area contributed by atoms with Crippen molar-refractivity contribution in [3.8, 4) is 11.5 Å². The second-order valence-electron chi connectivity index (χ2n) is 9.47. The summed E-state index contributed by atoms with van der Waals surface area (Å²) >= 11 is 0. The second-order valence-corrected chi connectivity index (χ2v) is 9.47. The Bertz CT molecular complexity index is 1510. The minimum absolute atomic E-state index is 0.0171. The maximum atomic E-state index is 14.2. The van der Waals surface area contributed by atoms with Crippen molar-refractivity contribution in [1.29, 1.82) is 0 Å². The fourth-order valence-corrected chi connectivity index (χ4v) is 5.88. The Balaban J connectivity index is 1.83. The largest absolute Gasteiger partial charge is 0.496 e. The zero-order chi connectivity index (χ0) is 26.3. The van der Waals surface area contributed by atoms with Crippen LogP contribution >= 0.6 is 0 Å². The highest BCUT2D eigenvalue weighted by atomic mass is 16.5. The number of hydrogen-bond acceptors (Lipinski definition) is 7. The molecule has 37 heavy (non-hydrogen) atoms. The van der Waals surface area contributed by atoms with Gasteiger partial charge < -0.3 is 18.6 Å². The molecule has 0 amide bonds. The van der Waals surface area contributed by atoms with E-state index in [1.807, 2.05) is 43.3 Å². The lowest BCUT2D eigenvalue weighted by atomic mass is 9.52. The summed E-state index contributed by atoms with van der Waals surface area (Å²) in [6, 6.07) is 14.3. The number of ether oxygens (including phenoxy) is 3. The Morgan fingerprint density at radius 3 is 2.41 bits per heavy atom. The van der Waals surface area contributed by atoms with Gasteiger partial charge in [0.15, 0.2) is 17.0 Å². The Kier molecular flexibility index (Phi) is 6.23. The Morgan fingerprint density at radius 2 is 1.73 bits per heavy atom. The maximum Gasteiger partial charge on any atom is 0.202 e. The van der Waals surface area contributed by atoms with Crippen molar-refractivity contribution >= 4 is 22.5 Å². The molecule has 0 saturated heterocycles. The van der Waals surface area contributed by atoms with Gasteiger partial charge in [-0.3, -0.25) is 14.4 Å². The molecule has 2 aromatic carbocycles. The maximum absolute atomic E-state index is 14.2. The number of fused-ring (bicyclic) bond motifs is 2. The monoisotopic (exact) mass is 500 g/mol. The van der Waals surface area contributed by atoms with Gasteiger partial charge in [0.1, 0.15) is 33.6 Å². The molecule has 3 unspecified atom stereocenters. The molecule has 1 heterocycles. The van der Waals surface area contributed by atoms with Crippen LogP contribution in [0.5, 0.6) is 11.5 Å². The summed E-state index contributed by atoms with van der Waals surface area (Å²) in [6.07, 6.45) is 4.07. The molecule has 190 valence electrons. The first kappa shape index (κ1) is 24.6. The fourth-order valence-electron chi connectivity index (χ4n) is 5.88. The van der Waals surface area contributed by atoms with Crippen molar-refractivity contribution < 1.29 is 28.2 Å². The molecule has 2 aliphatic carbocycles. The first-order valence-electron chi connectivity index (χ1n) is 12.1. The number of benzene rings is 2. The van der Waals surface area contributed by atoms with Crippen molar-refractivity contribution in [1.82, 2.24) is 0 Å². The van der Waals surface area contributed by atoms with E-state index in [0.717, 1.165) is 11.1 Å². The molecule has 0 spiro atoms. The minimum atomic E-state index is -1.42. The van der Waals surface area contributed by atoms with Crippen LogP contribution in [0.3, 0.4) is 0 Å². The number of carbonyl (C=O) groups excluding carboxylic acids is 2. The topological polar surface area (TPSA) is 92.0 Å². The van der Waals surface area contributed by atoms with Gasteiger partial charge in [-0.1, -0.05) is 42.0 Å². The third kappa shape index (κ3) is 3.77. The van der Waals surface area contributed by atoms with E-state index in [1.165, 1.54) is 33.5 Å². The number of allylic oxidation sites excluding steroid dienone is 4. The van der Waals surface area contributed by atoms with Crippen LogP contribution in [-0.2, 0) is 26.2 Å². The molecular formula is C30H28O7. The smallest absolute Gasteiger partial charge is 0.202 e. The van der Waals surface area contributed by atoms with E-state index in [1.54, 1.807) is 12.1 Å². The Hall–Kier alpha value is -4.13. The van der Waals surface area contributed by atoms with Crippen LogP contribution < -0.4 is 14.9 Å². The van der Waals surface area contributed by atoms with Crippen LogP contribution in [0.4, 0.5) is 0 Å². The van der Waals surface area contributed by atoms with Crippen LogP contribution in [0.1, 0.15) is 24.7 Å². The zero-order valence-corrected chi connectivity index (χ0v) is 21.2. The molecule has 3 atom stereocenters. The molecule has 0 bridgehead atoms. The van der Waals surface area contributed by atoms with Gasteiger partial charge in [-0.25, -0.2) is 0 Å². The molecule has 0 fully saturated rings. The summed E-state index contributed by atoms with van der Waals surface area (Å²) in [5.74, 6) is -0.899. The number of methoxy groups -OCH3 is 3. The predicted octanol–water partition coefficient (Wildman–Crippen LogP) is 4.56. The molecule has 0 aliphatic heterocycles. The molecule has 0 N–H and O–H groups in total. The summed E-state index contributed by atoms with van der Waals surface area (Å²) in [5, 5.41) is 0.241. The Labute approximate surface area is 214 Å². The SMILES string of the molecule is COC1=CC(=O)C2(c3cc(=O)c4c(OC)cc(OC)cc4o3)C(CC=C(C)C2Cc2ccccc2)C1=O. The van der Waals surface area contributed by atoms with Gasteiger partial charge in [0, 0.05) is 36.1 Å². The molecule has 1 aromatic heterocycles. The van der Waals surface area contributed by atoms with Gasteiger partial charge in [0.05, 0.1) is 21.3 Å². The quantitative estimate of drug-likeness (QED) is 0.459. The highest BCUT2D eigenvalue weighted by molar-refractivity contribution is 6.14. The number of hydrogen-bond donors (Lipinski definition) is 0. The van der Waals surface area contributed by atoms with Gasteiger partial charge in [0.2, 0.25) is 5.78 Å². The van der Waals surface area contributed by atoms with Crippen LogP contribution in [0.2, 0.25) is 0 Å². The molecule has 2 aliphatic rings. The van der Waals surface area contributed by atoms with Crippen molar-refractivity contribution in [2.75, 3.05) is 21.3 Å². The second kappa shape index (κ2) is 9.39. The van der Waals surface area contributed by atoms with Gasteiger partial charge >= 0.3 is 0 Å². The standard InChI is InChI=1S/C30H28O7/c1-17-10-11-20-29(33)25(36-4)16-26(32)30(20,21(17)12-18-8-6-5-7-9-18)27-15-22(31)28-23(35-3)13-19(34-2)14-24(28)37-27/h5-10,13-16,20-21H,11-12H2,1-4H3. The van der Waals surface area contributed by atoms with E-state index in [9.17, 15) is 14.4 Å². The lowest BCUT2D eigenvalue weighted by Gasteiger charge is -2.47. The highest BCUT2D eigenvalue weighted by Gasteiger charge is 2.60. The van der Waals surface area contributed by atoms with E-state index in [2.05, 4.69) is 0 Å². The lowest BCUT2D eigenvalue weighted by molar-refractivity contribution is -0.137. The van der Waals surface area contributed by atoms with Crippen molar-refractivity contribution in [3.05, 3.63) is 93.6 Å². The van der Waals surface area contributed by atoms with E-state index >= 15 is 0 Å². The van der Waals surface area contributed by atoms with Crippen LogP contribution in [0, 0.1) is 11.8 Å². The average Bonchev–Trinajstić information content (AvgIpc) is 2.91. The molecule has 5 rings (SSSR count). The zero-order valence-electron chi connectivity index (χ0n) is 21.2. The molecule has 7 heteroatoms. The first-order chi connectivity index (χ1) is 17.8. The summed E-state index contributed by atoms with van der Waals surface area (Å²) in [7, 11) is 4.34. The Morgan fingerprint density at radius 1 is 0.973 bits per heavy atom. The summed E-state index contributed by atoms with van der Waals surface area (Å²) < 4.78 is 22.5. The normalized spacial score (nSPS) is 23.2. The lowest BCUT2D eigenvalue weighted by Crippen LogP contribution is -2.56. The van der Waals surface area contributed by atoms with E-state index in [4.69, 9.17) is 18.6 Å². The molecule has 7 nitrogen and oxygen atoms in total. The minimum Gasteiger partial charge on any atom is -0.496 e. The number of rotatable bonds is 6. The van der Waals surface area contributed by atoms with E-state index < -0.39 is 17.3 Å². The number of Topliss-reactive ketones (excluding diaryl/α,β-unsaturated/α-hetero) is 1. The summed E-state index contributed by atoms with van der Waals surface area (Å²) in [5.41, 5.74) is 0.405. The molecule has 0 saturated carbocycles. The van der Waals surface area contributed by atoms with E-state index in [0.29, 0.717) is 24.3 Å². The molecular weight excluding hydrogens is 472 g/mol. The third-order valence-electron chi connectivity index (χ3n) is 7.69. The summed E-state index contributed by atoms with van der Waals surface area (Å²) in [4.78, 5) is 41.3. The van der Waals surface area contributed by atoms with Crippen LogP contribution in [-0.4, -0.2) is 32.9 Å². The van der Waals surface area contributed by atoms with Gasteiger partial charge in [-0.05, 0) is 25.3 Å². The van der Waals surface area contributed by atoms with Gasteiger partial charge in [-0.2, -0.15) is 0 Å². The number of carbonyl (C=O) groups is 2. The van der Waals surface area contributed by atoms with Gasteiger partial charge in [0.25, 0.3) is 0 Å². The van der Waals surface area contributed by atoms with Gasteiger partial charge in [-0.15, -0.1) is 0 Å². The van der Waals surface area contributed by atoms with Crippen molar-refractivity contribution in [2.45, 2.75) is 25.2 Å². The third-order valence-corrected chi connectivity index (χ3v) is 7.69. The van der Waals surface area contributed by atoms with Crippen LogP contribution in [0.25, 0.3) is 11.0 Å². The molecule has 0 radical (unpaired) electrons. The predicted molar refractivity (Wildman–Crippen MR) is 138 cm³/mol. The van der Waals surface area contributed by atoms with Crippen molar-refractivity contribution in [2.24, 2.45) is 11.8 Å². The van der Waals surface area contributed by atoms with E-state index in [-0.39, 0.29) is 39.5 Å². The number of ketones is 2. The fraction of sp³-hybridized carbons (Fsp3) is 0.300. The average molecular weight is 501 g/mol. The summed E-state index contributed by atoms with van der Waals surface area (Å²) in [6.45, 7) is 1.96. The molecule has 3 aromatic rings. The highest BCUT2D eigenvalue weighted by Crippen LogP contribution is 2.53. The van der Waals surface area contributed by atoms with Crippen molar-refractivity contribution in [3.63, 3.8) is 0 Å². The first-order valence-corrected chi connectivity index (χ1v) is 12.1.